The number of aryl methyl sites for hydroxylation is 2. The van der Waals surface area contributed by atoms with Gasteiger partial charge in [-0.3, -0.25) is 0 Å². The van der Waals surface area contributed by atoms with E-state index >= 15 is 0 Å². The monoisotopic (exact) mass is 341 g/mol. The van der Waals surface area contributed by atoms with E-state index < -0.39 is 0 Å². The molecule has 100 valence electrons. The van der Waals surface area contributed by atoms with Crippen LogP contribution in [0.1, 0.15) is 16.7 Å². The lowest BCUT2D eigenvalue weighted by atomic mass is 10.1. The van der Waals surface area contributed by atoms with Crippen LogP contribution in [0, 0.1) is 19.7 Å². The normalized spacial score (nSPS) is 10.6. The highest BCUT2D eigenvalue weighted by atomic mass is 79.9. The molecule has 2 aromatic carbocycles. The molecule has 0 saturated heterocycles. The Morgan fingerprint density at radius 2 is 1.79 bits per heavy atom. The van der Waals surface area contributed by atoms with Crippen LogP contribution in [-0.2, 0) is 6.54 Å². The van der Waals surface area contributed by atoms with Crippen molar-refractivity contribution in [1.82, 2.24) is 0 Å². The molecule has 0 spiro atoms. The number of nitrogens with one attached hydrogen (secondary N) is 1. The van der Waals surface area contributed by atoms with Crippen molar-refractivity contribution < 1.29 is 4.39 Å². The van der Waals surface area contributed by atoms with Gasteiger partial charge in [0.15, 0.2) is 0 Å². The SMILES string of the molecule is Cc1cc(Br)cc(C)c1NCc1ccc(F)cc1Cl. The zero-order valence-corrected chi connectivity index (χ0v) is 13.1. The van der Waals surface area contributed by atoms with Crippen LogP contribution in [0.15, 0.2) is 34.8 Å². The maximum atomic E-state index is 13.0. The topological polar surface area (TPSA) is 12.0 Å². The Hall–Kier alpha value is -1.06. The molecular formula is C15H14BrClFN. The van der Waals surface area contributed by atoms with E-state index in [0.29, 0.717) is 11.6 Å². The summed E-state index contributed by atoms with van der Waals surface area (Å²) in [5, 5.41) is 3.80. The molecule has 0 aliphatic rings. The third-order valence-electron chi connectivity index (χ3n) is 2.97. The zero-order chi connectivity index (χ0) is 14.0. The summed E-state index contributed by atoms with van der Waals surface area (Å²) < 4.78 is 14.0. The summed E-state index contributed by atoms with van der Waals surface area (Å²) in [6, 6.07) is 8.57. The Morgan fingerprint density at radius 1 is 1.16 bits per heavy atom. The smallest absolute Gasteiger partial charge is 0.124 e. The molecule has 1 N–H and O–H groups in total. The van der Waals surface area contributed by atoms with Crippen LogP contribution in [0.25, 0.3) is 0 Å². The first-order valence-electron chi connectivity index (χ1n) is 5.92. The molecule has 0 amide bonds. The van der Waals surface area contributed by atoms with Crippen molar-refractivity contribution >= 4 is 33.2 Å². The predicted molar refractivity (Wildman–Crippen MR) is 82.4 cm³/mol. The van der Waals surface area contributed by atoms with E-state index in [4.69, 9.17) is 11.6 Å². The van der Waals surface area contributed by atoms with Crippen molar-refractivity contribution in [1.29, 1.82) is 0 Å². The van der Waals surface area contributed by atoms with Gasteiger partial charge >= 0.3 is 0 Å². The van der Waals surface area contributed by atoms with Crippen LogP contribution in [0.4, 0.5) is 10.1 Å². The molecule has 0 bridgehead atoms. The fourth-order valence-corrected chi connectivity index (χ4v) is 2.96. The lowest BCUT2D eigenvalue weighted by Crippen LogP contribution is -2.03. The minimum atomic E-state index is -0.315. The van der Waals surface area contributed by atoms with Crippen LogP contribution in [0.3, 0.4) is 0 Å². The largest absolute Gasteiger partial charge is 0.380 e. The van der Waals surface area contributed by atoms with Crippen molar-refractivity contribution in [2.45, 2.75) is 20.4 Å². The number of rotatable bonds is 3. The van der Waals surface area contributed by atoms with Gasteiger partial charge in [0.05, 0.1) is 0 Å². The molecule has 0 fully saturated rings. The van der Waals surface area contributed by atoms with E-state index in [-0.39, 0.29) is 5.82 Å². The van der Waals surface area contributed by atoms with Gasteiger partial charge in [-0.2, -0.15) is 0 Å². The molecule has 0 radical (unpaired) electrons. The van der Waals surface area contributed by atoms with E-state index in [1.165, 1.54) is 12.1 Å². The highest BCUT2D eigenvalue weighted by Crippen LogP contribution is 2.26. The number of benzene rings is 2. The zero-order valence-electron chi connectivity index (χ0n) is 10.7. The summed E-state index contributed by atoms with van der Waals surface area (Å²) in [4.78, 5) is 0. The Bertz CT molecular complexity index is 590. The second kappa shape index (κ2) is 5.93. The van der Waals surface area contributed by atoms with E-state index in [9.17, 15) is 4.39 Å². The van der Waals surface area contributed by atoms with Gasteiger partial charge in [0.25, 0.3) is 0 Å². The average molecular weight is 343 g/mol. The Kier molecular flexibility index (Phi) is 4.48. The van der Waals surface area contributed by atoms with Gasteiger partial charge in [-0.05, 0) is 54.8 Å². The molecule has 0 atom stereocenters. The second-order valence-corrected chi connectivity index (χ2v) is 5.83. The molecule has 2 aromatic rings. The van der Waals surface area contributed by atoms with Gasteiger partial charge in [0, 0.05) is 21.7 Å². The van der Waals surface area contributed by atoms with Crippen molar-refractivity contribution in [2.24, 2.45) is 0 Å². The molecule has 0 unspecified atom stereocenters. The van der Waals surface area contributed by atoms with E-state index in [1.807, 2.05) is 13.8 Å². The van der Waals surface area contributed by atoms with Gasteiger partial charge < -0.3 is 5.32 Å². The Morgan fingerprint density at radius 3 is 2.37 bits per heavy atom. The third-order valence-corrected chi connectivity index (χ3v) is 3.78. The lowest BCUT2D eigenvalue weighted by Gasteiger charge is -2.14. The van der Waals surface area contributed by atoms with Crippen LogP contribution in [-0.4, -0.2) is 0 Å². The van der Waals surface area contributed by atoms with Gasteiger partial charge in [0.2, 0.25) is 0 Å². The highest BCUT2D eigenvalue weighted by Gasteiger charge is 2.06. The Labute approximate surface area is 125 Å². The van der Waals surface area contributed by atoms with Gasteiger partial charge in [-0.25, -0.2) is 4.39 Å². The number of hydrogen-bond donors (Lipinski definition) is 1. The standard InChI is InChI=1S/C15H14BrClFN/c1-9-5-12(16)6-10(2)15(9)19-8-11-3-4-13(18)7-14(11)17/h3-7,19H,8H2,1-2H3. The predicted octanol–water partition coefficient (Wildman–Crippen LogP) is 5.47. The van der Waals surface area contributed by atoms with Crippen LogP contribution in [0.2, 0.25) is 5.02 Å². The van der Waals surface area contributed by atoms with Gasteiger partial charge in [0.1, 0.15) is 5.82 Å². The summed E-state index contributed by atoms with van der Waals surface area (Å²) in [7, 11) is 0. The van der Waals surface area contributed by atoms with Crippen molar-refractivity contribution in [3.63, 3.8) is 0 Å². The molecular weight excluding hydrogens is 329 g/mol. The molecule has 19 heavy (non-hydrogen) atoms. The number of hydrogen-bond acceptors (Lipinski definition) is 1. The second-order valence-electron chi connectivity index (χ2n) is 4.50. The van der Waals surface area contributed by atoms with Crippen LogP contribution >= 0.6 is 27.5 Å². The number of anilines is 1. The fraction of sp³-hybridized carbons (Fsp3) is 0.200. The van der Waals surface area contributed by atoms with Crippen LogP contribution < -0.4 is 5.32 Å². The van der Waals surface area contributed by atoms with E-state index in [1.54, 1.807) is 6.07 Å². The highest BCUT2D eigenvalue weighted by molar-refractivity contribution is 9.10. The summed E-state index contributed by atoms with van der Waals surface area (Å²) in [6.45, 7) is 4.67. The van der Waals surface area contributed by atoms with E-state index in [2.05, 4.69) is 33.4 Å². The number of halogens is 3. The molecule has 4 heteroatoms. The van der Waals surface area contributed by atoms with E-state index in [0.717, 1.165) is 26.9 Å². The molecule has 0 aromatic heterocycles. The van der Waals surface area contributed by atoms with Crippen LogP contribution in [0.5, 0.6) is 0 Å². The molecule has 1 nitrogen and oxygen atoms in total. The molecule has 0 aliphatic heterocycles. The lowest BCUT2D eigenvalue weighted by molar-refractivity contribution is 0.627. The third kappa shape index (κ3) is 3.48. The maximum Gasteiger partial charge on any atom is 0.124 e. The molecule has 2 rings (SSSR count). The first kappa shape index (κ1) is 14.4. The fourth-order valence-electron chi connectivity index (χ4n) is 2.04. The summed E-state index contributed by atoms with van der Waals surface area (Å²) in [5.74, 6) is -0.315. The van der Waals surface area contributed by atoms with Crippen molar-refractivity contribution in [3.05, 3.63) is 62.3 Å². The molecule has 0 aliphatic carbocycles. The quantitative estimate of drug-likeness (QED) is 0.780. The summed E-state index contributed by atoms with van der Waals surface area (Å²) >= 11 is 9.49. The summed E-state index contributed by atoms with van der Waals surface area (Å²) in [6.07, 6.45) is 0. The molecule has 0 heterocycles. The minimum absolute atomic E-state index is 0.315. The minimum Gasteiger partial charge on any atom is -0.380 e. The van der Waals surface area contributed by atoms with Crippen molar-refractivity contribution in [3.8, 4) is 0 Å². The van der Waals surface area contributed by atoms with Gasteiger partial charge in [-0.1, -0.05) is 33.6 Å². The first-order chi connectivity index (χ1) is 8.97. The average Bonchev–Trinajstić information content (AvgIpc) is 2.30. The molecule has 0 saturated carbocycles. The summed E-state index contributed by atoms with van der Waals surface area (Å²) in [5.41, 5.74) is 4.28. The van der Waals surface area contributed by atoms with Gasteiger partial charge in [-0.15, -0.1) is 0 Å². The maximum absolute atomic E-state index is 13.0. The first-order valence-corrected chi connectivity index (χ1v) is 7.09. The van der Waals surface area contributed by atoms with Crippen molar-refractivity contribution in [2.75, 3.05) is 5.32 Å². The Balaban J connectivity index is 2.19.